The third-order valence-corrected chi connectivity index (χ3v) is 4.44. The average molecular weight is 345 g/mol. The molecule has 0 spiro atoms. The molecule has 0 saturated heterocycles. The Labute approximate surface area is 147 Å². The number of pyridine rings is 1. The number of hydrogen-bond acceptors (Lipinski definition) is 6. The van der Waals surface area contributed by atoms with Crippen molar-refractivity contribution in [2.45, 2.75) is 0 Å². The van der Waals surface area contributed by atoms with Crippen LogP contribution in [-0.4, -0.2) is 29.7 Å². The second-order valence-electron chi connectivity index (χ2n) is 6.00. The summed E-state index contributed by atoms with van der Waals surface area (Å²) in [5, 5.41) is 8.79. The zero-order chi connectivity index (χ0) is 17.5. The predicted octanol–water partition coefficient (Wildman–Crippen LogP) is 2.08. The first-order chi connectivity index (χ1) is 12.8. The highest BCUT2D eigenvalue weighted by Gasteiger charge is 2.16. The molecule has 1 aliphatic heterocycles. The molecule has 0 radical (unpaired) electrons. The molecule has 7 nitrogen and oxygen atoms in total. The van der Waals surface area contributed by atoms with Gasteiger partial charge in [0.1, 0.15) is 0 Å². The molecule has 0 atom stereocenters. The highest BCUT2D eigenvalue weighted by atomic mass is 16.3. The summed E-state index contributed by atoms with van der Waals surface area (Å²) in [6.07, 6.45) is 1.67. The Kier molecular flexibility index (Phi) is 3.24. The fourth-order valence-corrected chi connectivity index (χ4v) is 3.26. The van der Waals surface area contributed by atoms with E-state index in [0.29, 0.717) is 22.6 Å². The van der Waals surface area contributed by atoms with E-state index in [2.05, 4.69) is 20.8 Å². The molecule has 0 aliphatic carbocycles. The van der Waals surface area contributed by atoms with Crippen LogP contribution in [0.1, 0.15) is 5.56 Å². The second kappa shape index (κ2) is 5.73. The number of rotatable bonds is 2. The normalized spacial score (nSPS) is 14.4. The van der Waals surface area contributed by atoms with E-state index in [1.807, 2.05) is 48.5 Å². The summed E-state index contributed by atoms with van der Waals surface area (Å²) in [4.78, 5) is 17.3. The van der Waals surface area contributed by atoms with E-state index in [9.17, 15) is 4.79 Å². The van der Waals surface area contributed by atoms with Crippen molar-refractivity contribution in [3.63, 3.8) is 0 Å². The zero-order valence-corrected chi connectivity index (χ0v) is 13.8. The third kappa shape index (κ3) is 2.17. The molecule has 2 N–H and O–H groups in total. The van der Waals surface area contributed by atoms with Crippen LogP contribution in [0.2, 0.25) is 0 Å². The summed E-state index contributed by atoms with van der Waals surface area (Å²) in [7, 11) is 0. The number of guanidine groups is 1. The summed E-state index contributed by atoms with van der Waals surface area (Å²) in [5.74, 6) is 0.638. The van der Waals surface area contributed by atoms with Crippen LogP contribution in [0.15, 0.2) is 67.8 Å². The smallest absolute Gasteiger partial charge is 0.265 e. The zero-order valence-electron chi connectivity index (χ0n) is 13.8. The summed E-state index contributed by atoms with van der Waals surface area (Å²) in [6.45, 7) is 1.53. The molecule has 0 amide bonds. The molecule has 0 fully saturated rings. The fraction of sp³-hybridized carbons (Fsp3) is 0.105. The van der Waals surface area contributed by atoms with Gasteiger partial charge in [0.15, 0.2) is 5.58 Å². The monoisotopic (exact) mass is 345 g/mol. The number of oxazole rings is 1. The van der Waals surface area contributed by atoms with Gasteiger partial charge in [-0.1, -0.05) is 30.3 Å². The molecule has 0 unspecified atom stereocenters. The number of nitrogens with zero attached hydrogens (tertiary/aromatic N) is 3. The van der Waals surface area contributed by atoms with Crippen LogP contribution in [0.5, 0.6) is 0 Å². The van der Waals surface area contributed by atoms with Crippen molar-refractivity contribution >= 4 is 39.8 Å². The van der Waals surface area contributed by atoms with Crippen molar-refractivity contribution in [3.8, 4) is 0 Å². The maximum absolute atomic E-state index is 13.0. The van der Waals surface area contributed by atoms with Crippen LogP contribution in [0, 0.1) is 0 Å². The van der Waals surface area contributed by atoms with E-state index in [1.54, 1.807) is 10.6 Å². The molecule has 1 aliphatic rings. The van der Waals surface area contributed by atoms with E-state index in [4.69, 9.17) is 4.42 Å². The molecule has 3 heterocycles. The third-order valence-electron chi connectivity index (χ3n) is 4.44. The van der Waals surface area contributed by atoms with Gasteiger partial charge in [-0.2, -0.15) is 5.10 Å². The SMILES string of the molecule is O=c1c2ccccc2c(/C=N\NC2=NCCN2)c2oc3ccccc3n12. The number of fused-ring (bicyclic) bond motifs is 4. The Morgan fingerprint density at radius 1 is 1.15 bits per heavy atom. The van der Waals surface area contributed by atoms with Gasteiger partial charge in [-0.25, -0.2) is 14.8 Å². The number of benzene rings is 2. The van der Waals surface area contributed by atoms with Crippen LogP contribution in [0.3, 0.4) is 0 Å². The number of hydrazone groups is 1. The molecule has 0 saturated carbocycles. The van der Waals surface area contributed by atoms with E-state index in [-0.39, 0.29) is 5.56 Å². The van der Waals surface area contributed by atoms with Gasteiger partial charge < -0.3 is 9.73 Å². The molecule has 0 bridgehead atoms. The minimum atomic E-state index is -0.104. The largest absolute Gasteiger partial charge is 0.437 e. The summed E-state index contributed by atoms with van der Waals surface area (Å²) >= 11 is 0. The van der Waals surface area contributed by atoms with Crippen LogP contribution < -0.4 is 16.3 Å². The number of hydrogen-bond donors (Lipinski definition) is 2. The maximum Gasteiger partial charge on any atom is 0.265 e. The Bertz CT molecular complexity index is 1270. The van der Waals surface area contributed by atoms with E-state index >= 15 is 0 Å². The Hall–Kier alpha value is -3.61. The molecule has 5 rings (SSSR count). The van der Waals surface area contributed by atoms with E-state index in [1.165, 1.54) is 0 Å². The molecular weight excluding hydrogens is 330 g/mol. The molecule has 128 valence electrons. The van der Waals surface area contributed by atoms with E-state index < -0.39 is 0 Å². The summed E-state index contributed by atoms with van der Waals surface area (Å²) in [5.41, 5.74) is 5.39. The molecule has 4 aromatic rings. The van der Waals surface area contributed by atoms with Crippen molar-refractivity contribution in [1.82, 2.24) is 15.1 Å². The summed E-state index contributed by atoms with van der Waals surface area (Å²) < 4.78 is 7.59. The van der Waals surface area contributed by atoms with Gasteiger partial charge in [0.05, 0.1) is 23.8 Å². The lowest BCUT2D eigenvalue weighted by Gasteiger charge is -2.04. The minimum absolute atomic E-state index is 0.104. The molecule has 26 heavy (non-hydrogen) atoms. The predicted molar refractivity (Wildman–Crippen MR) is 102 cm³/mol. The average Bonchev–Trinajstić information content (AvgIpc) is 3.32. The van der Waals surface area contributed by atoms with Crippen molar-refractivity contribution < 1.29 is 4.42 Å². The van der Waals surface area contributed by atoms with Gasteiger partial charge in [0.25, 0.3) is 5.56 Å². The first kappa shape index (κ1) is 14.7. The van der Waals surface area contributed by atoms with Gasteiger partial charge in [-0.15, -0.1) is 0 Å². The lowest BCUT2D eigenvalue weighted by molar-refractivity contribution is 0.652. The van der Waals surface area contributed by atoms with Crippen LogP contribution in [-0.2, 0) is 0 Å². The lowest BCUT2D eigenvalue weighted by atomic mass is 10.1. The first-order valence-corrected chi connectivity index (χ1v) is 8.35. The number of aliphatic imine (C=N–C) groups is 1. The lowest BCUT2D eigenvalue weighted by Crippen LogP contribution is -2.30. The Morgan fingerprint density at radius 2 is 1.96 bits per heavy atom. The Balaban J connectivity index is 1.79. The summed E-state index contributed by atoms with van der Waals surface area (Å²) in [6, 6.07) is 15.0. The number of nitrogens with one attached hydrogen (secondary N) is 2. The van der Waals surface area contributed by atoms with Crippen molar-refractivity contribution in [1.29, 1.82) is 0 Å². The molecular formula is C19H15N5O2. The van der Waals surface area contributed by atoms with Gasteiger partial charge in [0.2, 0.25) is 11.7 Å². The highest BCUT2D eigenvalue weighted by molar-refractivity contribution is 6.05. The van der Waals surface area contributed by atoms with Crippen LogP contribution in [0.4, 0.5) is 0 Å². The van der Waals surface area contributed by atoms with Gasteiger partial charge in [-0.05, 0) is 18.2 Å². The molecule has 7 heteroatoms. The van der Waals surface area contributed by atoms with Gasteiger partial charge >= 0.3 is 0 Å². The van der Waals surface area contributed by atoms with Crippen molar-refractivity contribution in [2.75, 3.05) is 13.1 Å². The van der Waals surface area contributed by atoms with Gasteiger partial charge in [0, 0.05) is 17.3 Å². The first-order valence-electron chi connectivity index (χ1n) is 8.35. The quantitative estimate of drug-likeness (QED) is 0.430. The van der Waals surface area contributed by atoms with Crippen LogP contribution >= 0.6 is 0 Å². The van der Waals surface area contributed by atoms with Crippen LogP contribution in [0.25, 0.3) is 27.6 Å². The Morgan fingerprint density at radius 3 is 2.81 bits per heavy atom. The van der Waals surface area contributed by atoms with Gasteiger partial charge in [-0.3, -0.25) is 4.79 Å². The molecule has 2 aromatic carbocycles. The maximum atomic E-state index is 13.0. The van der Waals surface area contributed by atoms with E-state index in [0.717, 1.165) is 29.6 Å². The van der Waals surface area contributed by atoms with Crippen molar-refractivity contribution in [3.05, 3.63) is 64.4 Å². The highest BCUT2D eigenvalue weighted by Crippen LogP contribution is 2.25. The second-order valence-corrected chi connectivity index (χ2v) is 6.00. The topological polar surface area (TPSA) is 83.4 Å². The fourth-order valence-electron chi connectivity index (χ4n) is 3.26. The minimum Gasteiger partial charge on any atom is -0.437 e. The molecule has 2 aromatic heterocycles. The number of para-hydroxylation sites is 2. The standard InChI is InChI=1S/C19H15N5O2/c25-17-13-6-2-1-5-12(13)14(11-22-23-19-20-9-10-21-19)18-24(17)15-7-3-4-8-16(15)26-18/h1-8,11H,9-10H2,(H2,20,21,23)/b22-11-. The van der Waals surface area contributed by atoms with Crippen molar-refractivity contribution in [2.24, 2.45) is 10.1 Å². The number of aromatic nitrogens is 1.